The first-order chi connectivity index (χ1) is 8.11. The fourth-order valence-corrected chi connectivity index (χ4v) is 1.99. The van der Waals surface area contributed by atoms with Gasteiger partial charge in [-0.1, -0.05) is 6.07 Å². The highest BCUT2D eigenvalue weighted by Gasteiger charge is 2.24. The Morgan fingerprint density at radius 2 is 2.29 bits per heavy atom. The molecule has 0 spiro atoms. The molecule has 0 saturated heterocycles. The third-order valence-corrected chi connectivity index (χ3v) is 2.69. The summed E-state index contributed by atoms with van der Waals surface area (Å²) in [4.78, 5) is 12.8. The summed E-state index contributed by atoms with van der Waals surface area (Å²) in [6.07, 6.45) is 1.28. The molecule has 1 aliphatic rings. The van der Waals surface area contributed by atoms with E-state index in [4.69, 9.17) is 11.0 Å². The Bertz CT molecular complexity index is 535. The number of amides is 1. The number of benzene rings is 1. The van der Waals surface area contributed by atoms with E-state index in [1.807, 2.05) is 6.07 Å². The molecule has 2 rings (SSSR count). The van der Waals surface area contributed by atoms with Gasteiger partial charge in [0, 0.05) is 11.8 Å². The van der Waals surface area contributed by atoms with Crippen molar-refractivity contribution in [2.75, 3.05) is 4.90 Å². The van der Waals surface area contributed by atoms with E-state index >= 15 is 0 Å². The van der Waals surface area contributed by atoms with E-state index in [2.05, 4.69) is 17.9 Å². The Balaban J connectivity index is 2.42. The van der Waals surface area contributed by atoms with Gasteiger partial charge in [-0.3, -0.25) is 9.69 Å². The quantitative estimate of drug-likeness (QED) is 0.630. The maximum absolute atomic E-state index is 11.2. The first kappa shape index (κ1) is 11.4. The average Bonchev–Trinajstić information content (AvgIpc) is 2.28. The van der Waals surface area contributed by atoms with Crippen molar-refractivity contribution < 1.29 is 4.79 Å². The number of carbonyl (C=O) groups excluding carboxylic acids is 1. The molecule has 5 nitrogen and oxygen atoms in total. The zero-order valence-corrected chi connectivity index (χ0v) is 9.69. The van der Waals surface area contributed by atoms with Gasteiger partial charge in [0.25, 0.3) is 0 Å². The molecule has 0 saturated carbocycles. The molecule has 17 heavy (non-hydrogen) atoms. The standard InChI is InChI=1S/C11H10N4OS/c12-6-7-2-1-3-8(4-7)15-9(13)5-10(16)14-11(15)17/h1-5,11,17H,13H2,(H,14,16). The van der Waals surface area contributed by atoms with Crippen molar-refractivity contribution in [3.8, 4) is 6.07 Å². The molecule has 1 atom stereocenters. The molecule has 0 bridgehead atoms. The van der Waals surface area contributed by atoms with Crippen molar-refractivity contribution in [3.63, 3.8) is 0 Å². The van der Waals surface area contributed by atoms with Crippen LogP contribution in [-0.2, 0) is 4.79 Å². The van der Waals surface area contributed by atoms with Crippen LogP contribution in [0.4, 0.5) is 5.69 Å². The first-order valence-corrected chi connectivity index (χ1v) is 5.38. The zero-order chi connectivity index (χ0) is 12.4. The van der Waals surface area contributed by atoms with Crippen LogP contribution in [0.3, 0.4) is 0 Å². The minimum absolute atomic E-state index is 0.282. The summed E-state index contributed by atoms with van der Waals surface area (Å²) in [5.74, 6) is 0.0130. The van der Waals surface area contributed by atoms with Crippen molar-refractivity contribution in [2.45, 2.75) is 5.50 Å². The van der Waals surface area contributed by atoms with Gasteiger partial charge in [-0.05, 0) is 18.2 Å². The van der Waals surface area contributed by atoms with E-state index in [-0.39, 0.29) is 5.91 Å². The van der Waals surface area contributed by atoms with Gasteiger partial charge >= 0.3 is 0 Å². The number of nitrogens with one attached hydrogen (secondary N) is 1. The van der Waals surface area contributed by atoms with Gasteiger partial charge in [-0.25, -0.2) is 0 Å². The van der Waals surface area contributed by atoms with Crippen LogP contribution >= 0.6 is 12.6 Å². The van der Waals surface area contributed by atoms with E-state index < -0.39 is 5.50 Å². The smallest absolute Gasteiger partial charge is 0.249 e. The molecule has 1 amide bonds. The Hall–Kier alpha value is -2.13. The number of carbonyl (C=O) groups is 1. The van der Waals surface area contributed by atoms with Crippen molar-refractivity contribution in [3.05, 3.63) is 41.7 Å². The SMILES string of the molecule is N#Cc1cccc(N2C(N)=CC(=O)NC2S)c1. The second-order valence-electron chi connectivity index (χ2n) is 3.48. The van der Waals surface area contributed by atoms with Gasteiger partial charge in [0.2, 0.25) is 5.91 Å². The molecular weight excluding hydrogens is 236 g/mol. The Morgan fingerprint density at radius 3 is 2.94 bits per heavy atom. The highest BCUT2D eigenvalue weighted by atomic mass is 32.1. The fraction of sp³-hybridized carbons (Fsp3) is 0.0909. The van der Waals surface area contributed by atoms with Crippen LogP contribution in [0.25, 0.3) is 0 Å². The van der Waals surface area contributed by atoms with Gasteiger partial charge in [0.1, 0.15) is 5.82 Å². The van der Waals surface area contributed by atoms with Crippen LogP contribution in [0.15, 0.2) is 36.2 Å². The number of hydrogen-bond acceptors (Lipinski definition) is 5. The zero-order valence-electron chi connectivity index (χ0n) is 8.79. The second kappa shape index (κ2) is 4.39. The predicted molar refractivity (Wildman–Crippen MR) is 66.8 cm³/mol. The van der Waals surface area contributed by atoms with Gasteiger partial charge in [-0.2, -0.15) is 5.26 Å². The number of rotatable bonds is 1. The molecular formula is C11H10N4OS. The molecule has 0 fully saturated rings. The lowest BCUT2D eigenvalue weighted by atomic mass is 10.2. The Morgan fingerprint density at radius 1 is 1.53 bits per heavy atom. The lowest BCUT2D eigenvalue weighted by molar-refractivity contribution is -0.117. The minimum atomic E-state index is -0.540. The first-order valence-electron chi connectivity index (χ1n) is 4.87. The molecule has 0 radical (unpaired) electrons. The van der Waals surface area contributed by atoms with Crippen molar-refractivity contribution in [2.24, 2.45) is 5.73 Å². The third-order valence-electron chi connectivity index (χ3n) is 2.33. The summed E-state index contributed by atoms with van der Waals surface area (Å²) < 4.78 is 0. The number of thiol groups is 1. The lowest BCUT2D eigenvalue weighted by Crippen LogP contribution is -2.50. The lowest BCUT2D eigenvalue weighted by Gasteiger charge is -2.33. The average molecular weight is 246 g/mol. The van der Waals surface area contributed by atoms with Crippen molar-refractivity contribution in [1.82, 2.24) is 5.32 Å². The summed E-state index contributed by atoms with van der Waals surface area (Å²) in [5, 5.41) is 11.4. The van der Waals surface area contributed by atoms with Crippen LogP contribution in [0.5, 0.6) is 0 Å². The molecule has 1 heterocycles. The summed E-state index contributed by atoms with van der Waals surface area (Å²) in [6.45, 7) is 0. The van der Waals surface area contributed by atoms with E-state index in [0.29, 0.717) is 17.1 Å². The number of nitrogens with two attached hydrogens (primary N) is 1. The Labute approximate surface area is 104 Å². The highest BCUT2D eigenvalue weighted by molar-refractivity contribution is 7.81. The molecule has 1 aromatic carbocycles. The van der Waals surface area contributed by atoms with Crippen LogP contribution in [-0.4, -0.2) is 11.4 Å². The number of nitriles is 1. The van der Waals surface area contributed by atoms with Crippen LogP contribution in [0, 0.1) is 11.3 Å². The molecule has 86 valence electrons. The molecule has 6 heteroatoms. The van der Waals surface area contributed by atoms with E-state index in [1.54, 1.807) is 29.2 Å². The number of anilines is 1. The topological polar surface area (TPSA) is 82.2 Å². The second-order valence-corrected chi connectivity index (χ2v) is 3.97. The largest absolute Gasteiger partial charge is 0.385 e. The predicted octanol–water partition coefficient (Wildman–Crippen LogP) is 0.508. The molecule has 1 aromatic rings. The monoisotopic (exact) mass is 246 g/mol. The number of hydrogen-bond donors (Lipinski definition) is 3. The maximum atomic E-state index is 11.2. The van der Waals surface area contributed by atoms with Crippen molar-refractivity contribution >= 4 is 24.2 Å². The van der Waals surface area contributed by atoms with Gasteiger partial charge < -0.3 is 11.1 Å². The Kier molecular flexibility index (Phi) is 2.93. The van der Waals surface area contributed by atoms with Crippen LogP contribution in [0.2, 0.25) is 0 Å². The minimum Gasteiger partial charge on any atom is -0.385 e. The van der Waals surface area contributed by atoms with E-state index in [1.165, 1.54) is 6.08 Å². The van der Waals surface area contributed by atoms with Gasteiger partial charge in [0.05, 0.1) is 11.6 Å². The highest BCUT2D eigenvalue weighted by Crippen LogP contribution is 2.23. The van der Waals surface area contributed by atoms with Crippen LogP contribution < -0.4 is 16.0 Å². The summed E-state index contributed by atoms with van der Waals surface area (Å²) in [5.41, 5.74) is 6.46. The van der Waals surface area contributed by atoms with Crippen LogP contribution in [0.1, 0.15) is 5.56 Å². The normalized spacial score (nSPS) is 19.3. The van der Waals surface area contributed by atoms with E-state index in [0.717, 1.165) is 0 Å². The fourth-order valence-electron chi connectivity index (χ4n) is 1.59. The van der Waals surface area contributed by atoms with E-state index in [9.17, 15) is 4.79 Å². The molecule has 1 aliphatic heterocycles. The molecule has 3 N–H and O–H groups in total. The molecule has 0 aromatic heterocycles. The molecule has 0 aliphatic carbocycles. The van der Waals surface area contributed by atoms with Gasteiger partial charge in [-0.15, -0.1) is 12.6 Å². The summed E-state index contributed by atoms with van der Waals surface area (Å²) >= 11 is 4.24. The third kappa shape index (κ3) is 2.19. The van der Waals surface area contributed by atoms with Gasteiger partial charge in [0.15, 0.2) is 5.50 Å². The number of nitrogens with zero attached hydrogens (tertiary/aromatic N) is 2. The molecule has 1 unspecified atom stereocenters. The van der Waals surface area contributed by atoms with Crippen molar-refractivity contribution in [1.29, 1.82) is 5.26 Å². The maximum Gasteiger partial charge on any atom is 0.249 e. The summed E-state index contributed by atoms with van der Waals surface area (Å²) in [7, 11) is 0. The summed E-state index contributed by atoms with van der Waals surface area (Å²) in [6, 6.07) is 8.96.